The Bertz CT molecular complexity index is 1760. The molecule has 9 nitrogen and oxygen atoms in total. The Morgan fingerprint density at radius 2 is 0.855 bits per heavy atom. The van der Waals surface area contributed by atoms with E-state index in [9.17, 15) is 19.0 Å². The minimum absolute atomic E-state index is 0.0440. The maximum atomic E-state index is 13.5. The quantitative estimate of drug-likeness (QED) is 0.0212. The van der Waals surface area contributed by atoms with Gasteiger partial charge in [0.1, 0.15) is 19.3 Å². The smallest absolute Gasteiger partial charge is 0.306 e. The average Bonchev–Trinajstić information content (AvgIpc) is 3.38. The van der Waals surface area contributed by atoms with Crippen molar-refractivity contribution in [3.05, 3.63) is 134 Å². The first-order valence-corrected chi connectivity index (χ1v) is 31.5. The summed E-state index contributed by atoms with van der Waals surface area (Å²) < 4.78 is 30.2. The number of nitrogens with one attached hydrogen (secondary N) is 1. The third kappa shape index (κ3) is 54.9. The molecule has 0 aliphatic heterocycles. The van der Waals surface area contributed by atoms with E-state index >= 15 is 0 Å². The van der Waals surface area contributed by atoms with Gasteiger partial charge in [-0.15, -0.1) is 0 Å². The molecule has 0 spiro atoms. The van der Waals surface area contributed by atoms with Crippen LogP contribution in [0.3, 0.4) is 0 Å². The van der Waals surface area contributed by atoms with Crippen molar-refractivity contribution < 1.29 is 37.3 Å². The number of ether oxygens (including phenoxy) is 1. The molecule has 3 atom stereocenters. The van der Waals surface area contributed by atoms with Gasteiger partial charge in [0.15, 0.2) is 0 Å². The van der Waals surface area contributed by atoms with Crippen molar-refractivity contribution in [1.29, 1.82) is 0 Å². The molecule has 0 rings (SSSR count). The van der Waals surface area contributed by atoms with Crippen molar-refractivity contribution in [2.24, 2.45) is 0 Å². The second-order valence-corrected chi connectivity index (χ2v) is 22.1. The number of likely N-dealkylation sites (N-methyl/N-ethyl adjacent to an activating group) is 1. The summed E-state index contributed by atoms with van der Waals surface area (Å²) in [6.45, 7) is 6.53. The van der Waals surface area contributed by atoms with Gasteiger partial charge in [-0.1, -0.05) is 225 Å². The number of carbonyl (C=O) groups excluding carboxylic acids is 2. The molecular weight excluding hydrogens is 964 g/mol. The lowest BCUT2D eigenvalue weighted by Crippen LogP contribution is -2.47. The average molecular weight is 1080 g/mol. The molecule has 76 heavy (non-hydrogen) atoms. The Balaban J connectivity index is 5.42. The molecule has 0 radical (unpaired) electrons. The van der Waals surface area contributed by atoms with Crippen molar-refractivity contribution in [3.63, 3.8) is 0 Å². The predicted octanol–water partition coefficient (Wildman–Crippen LogP) is 17.9. The van der Waals surface area contributed by atoms with Crippen LogP contribution in [0.4, 0.5) is 0 Å². The summed E-state index contributed by atoms with van der Waals surface area (Å²) in [5.74, 6) is -0.643. The number of esters is 1. The molecule has 0 fully saturated rings. The summed E-state index contributed by atoms with van der Waals surface area (Å²) in [6.07, 6.45) is 77.1. The fourth-order valence-electron chi connectivity index (χ4n) is 7.76. The Morgan fingerprint density at radius 1 is 0.474 bits per heavy atom. The molecule has 0 heterocycles. The lowest BCUT2D eigenvalue weighted by molar-refractivity contribution is -0.870. The number of quaternary nitrogens is 1. The van der Waals surface area contributed by atoms with E-state index in [1.165, 1.54) is 51.4 Å². The Kier molecular flexibility index (Phi) is 51.7. The van der Waals surface area contributed by atoms with Crippen LogP contribution < -0.4 is 10.2 Å². The molecule has 0 bridgehead atoms. The summed E-state index contributed by atoms with van der Waals surface area (Å²) in [7, 11) is 1.11. The van der Waals surface area contributed by atoms with Crippen molar-refractivity contribution in [2.75, 3.05) is 40.9 Å². The van der Waals surface area contributed by atoms with Gasteiger partial charge in [-0.05, 0) is 115 Å². The third-order valence-electron chi connectivity index (χ3n) is 12.3. The zero-order valence-corrected chi connectivity index (χ0v) is 50.0. The highest BCUT2D eigenvalue weighted by Crippen LogP contribution is 2.38. The maximum absolute atomic E-state index is 13.5. The molecule has 0 aliphatic rings. The van der Waals surface area contributed by atoms with Crippen LogP contribution in [0.25, 0.3) is 0 Å². The molecule has 10 heteroatoms. The first-order valence-electron chi connectivity index (χ1n) is 30.0. The van der Waals surface area contributed by atoms with Gasteiger partial charge in [0.2, 0.25) is 5.91 Å². The predicted molar refractivity (Wildman–Crippen MR) is 325 cm³/mol. The first kappa shape index (κ1) is 72.2. The molecule has 1 amide bonds. The topological polar surface area (TPSA) is 114 Å². The summed E-state index contributed by atoms with van der Waals surface area (Å²) in [5, 5.41) is 2.98. The zero-order chi connectivity index (χ0) is 55.7. The molecule has 0 saturated carbocycles. The first-order chi connectivity index (χ1) is 36.9. The normalized spacial score (nSPS) is 14.7. The highest BCUT2D eigenvalue weighted by atomic mass is 31.2. The van der Waals surface area contributed by atoms with Crippen LogP contribution in [0.15, 0.2) is 134 Å². The summed E-state index contributed by atoms with van der Waals surface area (Å²) in [5.41, 5.74) is 0. The number of nitrogens with zero attached hydrogens (tertiary/aromatic N) is 1. The summed E-state index contributed by atoms with van der Waals surface area (Å²) >= 11 is 0. The number of phosphoric ester groups is 1. The Morgan fingerprint density at radius 3 is 1.29 bits per heavy atom. The minimum atomic E-state index is -4.73. The third-order valence-corrected chi connectivity index (χ3v) is 13.3. The van der Waals surface area contributed by atoms with Crippen LogP contribution in [0.5, 0.6) is 0 Å². The lowest BCUT2D eigenvalue weighted by Gasteiger charge is -2.30. The van der Waals surface area contributed by atoms with Crippen LogP contribution in [0.1, 0.15) is 220 Å². The van der Waals surface area contributed by atoms with E-state index in [0.29, 0.717) is 23.9 Å². The van der Waals surface area contributed by atoms with Gasteiger partial charge in [-0.2, -0.15) is 0 Å². The van der Waals surface area contributed by atoms with Gasteiger partial charge in [-0.25, -0.2) is 0 Å². The van der Waals surface area contributed by atoms with Gasteiger partial charge >= 0.3 is 5.97 Å². The maximum Gasteiger partial charge on any atom is 0.306 e. The minimum Gasteiger partial charge on any atom is -0.756 e. The van der Waals surface area contributed by atoms with E-state index in [-0.39, 0.29) is 31.3 Å². The molecule has 0 aromatic heterocycles. The van der Waals surface area contributed by atoms with E-state index < -0.39 is 26.6 Å². The van der Waals surface area contributed by atoms with Gasteiger partial charge in [0.05, 0.1) is 33.8 Å². The highest BCUT2D eigenvalue weighted by molar-refractivity contribution is 7.45. The van der Waals surface area contributed by atoms with Gasteiger partial charge in [0, 0.05) is 12.8 Å². The Hall–Kier alpha value is -3.85. The number of rotatable bonds is 52. The van der Waals surface area contributed by atoms with Crippen LogP contribution in [-0.2, 0) is 27.9 Å². The number of carbonyl (C=O) groups is 2. The van der Waals surface area contributed by atoms with Crippen LogP contribution in [0, 0.1) is 0 Å². The van der Waals surface area contributed by atoms with E-state index in [4.69, 9.17) is 13.8 Å². The molecule has 0 aromatic carbocycles. The molecule has 0 saturated heterocycles. The van der Waals surface area contributed by atoms with Crippen molar-refractivity contribution in [3.8, 4) is 0 Å². The molecular formula is C66H111N2O7P. The second kappa shape index (κ2) is 54.5. The fraction of sp³-hybridized carbons (Fsp3) is 0.636. The SMILES string of the molecule is CC/C=C\C/C=C\C/C=C\C/C=C\C/C=C\CCCCCCCC(=O)OC(/C=C/CCCCCCCCCCCC)C(COP(=O)([O-])OCC[N+](C)(C)C)NC(=O)CCC/C=C\C/C=C\C/C=C\C/C=C\C/C=C\CC. The van der Waals surface area contributed by atoms with Gasteiger partial charge in [-0.3, -0.25) is 14.2 Å². The van der Waals surface area contributed by atoms with Crippen LogP contribution in [0.2, 0.25) is 0 Å². The summed E-state index contributed by atoms with van der Waals surface area (Å²) in [4.78, 5) is 39.9. The lowest BCUT2D eigenvalue weighted by atomic mass is 10.1. The molecule has 432 valence electrons. The number of phosphoric acid groups is 1. The number of hydrogen-bond acceptors (Lipinski definition) is 7. The number of amides is 1. The summed E-state index contributed by atoms with van der Waals surface area (Å²) in [6, 6.07) is -0.936. The number of unbranched alkanes of at least 4 members (excludes halogenated alkanes) is 16. The largest absolute Gasteiger partial charge is 0.756 e. The van der Waals surface area contributed by atoms with Crippen molar-refractivity contribution in [1.82, 2.24) is 5.32 Å². The zero-order valence-electron chi connectivity index (χ0n) is 49.2. The van der Waals surface area contributed by atoms with E-state index in [0.717, 1.165) is 122 Å². The van der Waals surface area contributed by atoms with Gasteiger partial charge < -0.3 is 28.5 Å². The monoisotopic (exact) mass is 1070 g/mol. The van der Waals surface area contributed by atoms with Crippen molar-refractivity contribution >= 4 is 19.7 Å². The van der Waals surface area contributed by atoms with Crippen LogP contribution >= 0.6 is 7.82 Å². The standard InChI is InChI=1S/C66H111N2O7P/c1-7-10-13-16-19-22-25-28-30-32-33-34-35-37-39-41-44-47-50-53-56-59-66(70)75-64(57-54-51-48-45-42-27-24-21-18-15-12-9-3)63(62-74-76(71,72)73-61-60-68(4,5)6)67-65(69)58-55-52-49-46-43-40-38-36-31-29-26-23-20-17-14-11-8-2/h10-11,13-14,19-20,22-23,28-31,33-34,37-40,46,49,54,57,63-64H,7-9,12,15-18,21,24-27,32,35-36,41-45,47-48,50-53,55-56,58-62H2,1-6H3,(H-,67,69,71,72)/b13-10-,14-11-,22-19-,23-20-,30-28-,31-29-,34-33-,39-37-,40-38-,49-46-,57-54+. The highest BCUT2D eigenvalue weighted by Gasteiger charge is 2.27. The number of allylic oxidation sites excluding steroid dienone is 21. The number of hydrogen-bond donors (Lipinski definition) is 1. The molecule has 0 aromatic rings. The molecule has 3 unspecified atom stereocenters. The van der Waals surface area contributed by atoms with Crippen molar-refractivity contribution in [2.45, 2.75) is 232 Å². The van der Waals surface area contributed by atoms with E-state index in [2.05, 4.69) is 148 Å². The fourth-order valence-corrected chi connectivity index (χ4v) is 8.48. The van der Waals surface area contributed by atoms with Crippen LogP contribution in [-0.4, -0.2) is 69.4 Å². The second-order valence-electron chi connectivity index (χ2n) is 20.7. The van der Waals surface area contributed by atoms with Gasteiger partial charge in [0.25, 0.3) is 7.82 Å². The van der Waals surface area contributed by atoms with E-state index in [1.54, 1.807) is 6.08 Å². The Labute approximate surface area is 466 Å². The molecule has 1 N–H and O–H groups in total. The molecule has 0 aliphatic carbocycles. The van der Waals surface area contributed by atoms with E-state index in [1.807, 2.05) is 27.2 Å².